The average Bonchev–Trinajstić information content (AvgIpc) is 2.83. The first-order chi connectivity index (χ1) is 8.16. The van der Waals surface area contributed by atoms with Crippen LogP contribution in [0.4, 0.5) is 4.79 Å². The van der Waals surface area contributed by atoms with E-state index < -0.39 is 5.97 Å². The number of fused-ring (bicyclic) bond motifs is 1. The third kappa shape index (κ3) is 3.11. The van der Waals surface area contributed by atoms with E-state index in [1.165, 1.54) is 19.3 Å². The summed E-state index contributed by atoms with van der Waals surface area (Å²) in [6.07, 6.45) is 4.44. The highest BCUT2D eigenvalue weighted by molar-refractivity contribution is 5.74. The number of urea groups is 1. The van der Waals surface area contributed by atoms with E-state index in [-0.39, 0.29) is 12.5 Å². The average molecular weight is 240 g/mol. The molecule has 5 heteroatoms. The number of nitrogens with one attached hydrogen (secondary N) is 1. The third-order valence-corrected chi connectivity index (χ3v) is 3.86. The van der Waals surface area contributed by atoms with Crippen molar-refractivity contribution in [3.63, 3.8) is 0 Å². The molecule has 0 bridgehead atoms. The van der Waals surface area contributed by atoms with E-state index in [2.05, 4.69) is 5.32 Å². The highest BCUT2D eigenvalue weighted by atomic mass is 16.4. The Morgan fingerprint density at radius 2 is 1.88 bits per heavy atom. The maximum Gasteiger partial charge on any atom is 0.317 e. The van der Waals surface area contributed by atoms with E-state index in [1.807, 2.05) is 4.90 Å². The van der Waals surface area contributed by atoms with Crippen LogP contribution in [-0.2, 0) is 4.79 Å². The molecule has 1 saturated heterocycles. The van der Waals surface area contributed by atoms with Gasteiger partial charge in [0.25, 0.3) is 0 Å². The van der Waals surface area contributed by atoms with Gasteiger partial charge in [-0.15, -0.1) is 0 Å². The van der Waals surface area contributed by atoms with Crippen LogP contribution in [0.3, 0.4) is 0 Å². The van der Waals surface area contributed by atoms with Gasteiger partial charge in [0, 0.05) is 26.1 Å². The van der Waals surface area contributed by atoms with Gasteiger partial charge in [-0.05, 0) is 31.1 Å². The maximum atomic E-state index is 11.8. The number of aliphatic carboxylic acids is 1. The monoisotopic (exact) mass is 240 g/mol. The second-order valence-corrected chi connectivity index (χ2v) is 5.09. The predicted molar refractivity (Wildman–Crippen MR) is 62.7 cm³/mol. The molecule has 0 aromatic heterocycles. The molecule has 1 aliphatic heterocycles. The zero-order valence-corrected chi connectivity index (χ0v) is 10.0. The van der Waals surface area contributed by atoms with Gasteiger partial charge in [0.2, 0.25) is 0 Å². The normalized spacial score (nSPS) is 26.9. The molecule has 2 aliphatic rings. The molecule has 0 spiro atoms. The van der Waals surface area contributed by atoms with E-state index in [0.717, 1.165) is 13.1 Å². The van der Waals surface area contributed by atoms with Gasteiger partial charge in [0.05, 0.1) is 0 Å². The molecule has 0 radical (unpaired) electrons. The van der Waals surface area contributed by atoms with E-state index in [0.29, 0.717) is 24.8 Å². The SMILES string of the molecule is O=C(O)CCCNC(=O)N1CC2CCCC2C1. The Kier molecular flexibility index (Phi) is 3.86. The van der Waals surface area contributed by atoms with Crippen LogP contribution in [0.25, 0.3) is 0 Å². The van der Waals surface area contributed by atoms with E-state index in [9.17, 15) is 9.59 Å². The quantitative estimate of drug-likeness (QED) is 0.727. The Labute approximate surface area is 101 Å². The first kappa shape index (κ1) is 12.2. The smallest absolute Gasteiger partial charge is 0.317 e. The van der Waals surface area contributed by atoms with Gasteiger partial charge in [-0.2, -0.15) is 0 Å². The molecule has 17 heavy (non-hydrogen) atoms. The summed E-state index contributed by atoms with van der Waals surface area (Å²) in [7, 11) is 0. The van der Waals surface area contributed by atoms with Crippen molar-refractivity contribution in [2.24, 2.45) is 11.8 Å². The van der Waals surface area contributed by atoms with Crippen molar-refractivity contribution in [1.29, 1.82) is 0 Å². The van der Waals surface area contributed by atoms with Gasteiger partial charge < -0.3 is 15.3 Å². The van der Waals surface area contributed by atoms with Crippen LogP contribution in [0.2, 0.25) is 0 Å². The number of carboxylic acid groups (broad SMARTS) is 1. The Bertz CT molecular complexity index is 294. The van der Waals surface area contributed by atoms with Crippen molar-refractivity contribution >= 4 is 12.0 Å². The van der Waals surface area contributed by atoms with Crippen LogP contribution in [0.5, 0.6) is 0 Å². The zero-order chi connectivity index (χ0) is 12.3. The van der Waals surface area contributed by atoms with Crippen LogP contribution in [-0.4, -0.2) is 41.6 Å². The standard InChI is InChI=1S/C12H20N2O3/c15-11(16)5-2-6-13-12(17)14-7-9-3-1-4-10(9)8-14/h9-10H,1-8H2,(H,13,17)(H,15,16). The fraction of sp³-hybridized carbons (Fsp3) is 0.833. The number of nitrogens with zero attached hydrogens (tertiary/aromatic N) is 1. The number of hydrogen-bond donors (Lipinski definition) is 2. The Hall–Kier alpha value is -1.26. The number of likely N-dealkylation sites (tertiary alicyclic amines) is 1. The van der Waals surface area contributed by atoms with Crippen molar-refractivity contribution in [3.05, 3.63) is 0 Å². The highest BCUT2D eigenvalue weighted by Crippen LogP contribution is 2.37. The third-order valence-electron chi connectivity index (χ3n) is 3.86. The van der Waals surface area contributed by atoms with Crippen molar-refractivity contribution in [3.8, 4) is 0 Å². The van der Waals surface area contributed by atoms with E-state index in [1.54, 1.807) is 0 Å². The van der Waals surface area contributed by atoms with Crippen molar-refractivity contribution < 1.29 is 14.7 Å². The number of carboxylic acids is 1. The molecule has 0 aromatic rings. The minimum absolute atomic E-state index is 0.0233. The molecule has 96 valence electrons. The summed E-state index contributed by atoms with van der Waals surface area (Å²) < 4.78 is 0. The summed E-state index contributed by atoms with van der Waals surface area (Å²) in [5.41, 5.74) is 0. The molecule has 2 N–H and O–H groups in total. The molecule has 2 atom stereocenters. The Balaban J connectivity index is 1.65. The number of carbonyl (C=O) groups excluding carboxylic acids is 1. The first-order valence-corrected chi connectivity index (χ1v) is 6.41. The second kappa shape index (κ2) is 5.38. The van der Waals surface area contributed by atoms with Crippen LogP contribution in [0, 0.1) is 11.8 Å². The summed E-state index contributed by atoms with van der Waals surface area (Å²) in [6.45, 7) is 2.22. The Morgan fingerprint density at radius 3 is 2.47 bits per heavy atom. The largest absolute Gasteiger partial charge is 0.481 e. The molecule has 0 aromatic carbocycles. The molecule has 1 heterocycles. The fourth-order valence-corrected chi connectivity index (χ4v) is 2.95. The summed E-state index contributed by atoms with van der Waals surface area (Å²) >= 11 is 0. The number of amides is 2. The molecule has 2 unspecified atom stereocenters. The molecule has 2 rings (SSSR count). The lowest BCUT2D eigenvalue weighted by Crippen LogP contribution is -2.39. The molecule has 5 nitrogen and oxygen atoms in total. The topological polar surface area (TPSA) is 69.6 Å². The van der Waals surface area contributed by atoms with Crippen LogP contribution < -0.4 is 5.32 Å². The molecule has 1 saturated carbocycles. The minimum atomic E-state index is -0.810. The van der Waals surface area contributed by atoms with E-state index in [4.69, 9.17) is 5.11 Å². The number of hydrogen-bond acceptors (Lipinski definition) is 2. The number of carbonyl (C=O) groups is 2. The summed E-state index contributed by atoms with van der Waals surface area (Å²) in [6, 6.07) is -0.0233. The predicted octanol–water partition coefficient (Wildman–Crippen LogP) is 1.29. The van der Waals surface area contributed by atoms with Crippen molar-refractivity contribution in [1.82, 2.24) is 10.2 Å². The maximum absolute atomic E-state index is 11.8. The van der Waals surface area contributed by atoms with E-state index >= 15 is 0 Å². The zero-order valence-electron chi connectivity index (χ0n) is 10.0. The van der Waals surface area contributed by atoms with Crippen LogP contribution in [0.15, 0.2) is 0 Å². The highest BCUT2D eigenvalue weighted by Gasteiger charge is 2.37. The minimum Gasteiger partial charge on any atom is -0.481 e. The Morgan fingerprint density at radius 1 is 1.24 bits per heavy atom. The molecule has 2 amide bonds. The van der Waals surface area contributed by atoms with Gasteiger partial charge in [-0.3, -0.25) is 4.79 Å². The summed E-state index contributed by atoms with van der Waals surface area (Å²) in [5, 5.41) is 11.3. The second-order valence-electron chi connectivity index (χ2n) is 5.09. The fourth-order valence-electron chi connectivity index (χ4n) is 2.95. The lowest BCUT2D eigenvalue weighted by molar-refractivity contribution is -0.137. The van der Waals surface area contributed by atoms with Crippen molar-refractivity contribution in [2.45, 2.75) is 32.1 Å². The van der Waals surface area contributed by atoms with Gasteiger partial charge in [0.15, 0.2) is 0 Å². The lowest BCUT2D eigenvalue weighted by Gasteiger charge is -2.17. The lowest BCUT2D eigenvalue weighted by atomic mass is 10.0. The van der Waals surface area contributed by atoms with Gasteiger partial charge in [-0.25, -0.2) is 4.79 Å². The number of rotatable bonds is 4. The van der Waals surface area contributed by atoms with Crippen molar-refractivity contribution in [2.75, 3.05) is 19.6 Å². The summed E-state index contributed by atoms with van der Waals surface area (Å²) in [4.78, 5) is 24.0. The molecular weight excluding hydrogens is 220 g/mol. The molecular formula is C12H20N2O3. The van der Waals surface area contributed by atoms with Crippen LogP contribution >= 0.6 is 0 Å². The van der Waals surface area contributed by atoms with Gasteiger partial charge in [-0.1, -0.05) is 6.42 Å². The van der Waals surface area contributed by atoms with Crippen LogP contribution in [0.1, 0.15) is 32.1 Å². The first-order valence-electron chi connectivity index (χ1n) is 6.41. The van der Waals surface area contributed by atoms with Gasteiger partial charge >= 0.3 is 12.0 Å². The summed E-state index contributed by atoms with van der Waals surface area (Å²) in [5.74, 6) is 0.606. The molecule has 1 aliphatic carbocycles. The van der Waals surface area contributed by atoms with Gasteiger partial charge in [0.1, 0.15) is 0 Å². The molecule has 2 fully saturated rings.